The highest BCUT2D eigenvalue weighted by Gasteiger charge is 2.55. The second-order valence-electron chi connectivity index (χ2n) is 6.55. The molecule has 0 bridgehead atoms. The third-order valence-corrected chi connectivity index (χ3v) is 5.63. The van der Waals surface area contributed by atoms with E-state index in [1.165, 1.54) is 0 Å². The van der Waals surface area contributed by atoms with Crippen LogP contribution in [0, 0.1) is 13.8 Å². The lowest BCUT2D eigenvalue weighted by Gasteiger charge is -2.42. The Bertz CT molecular complexity index is 920. The normalized spacial score (nSPS) is 19.3. The molecule has 2 saturated heterocycles. The van der Waals surface area contributed by atoms with Gasteiger partial charge in [0.2, 0.25) is 0 Å². The van der Waals surface area contributed by atoms with Gasteiger partial charge in [-0.3, -0.25) is 4.90 Å². The molecule has 1 N–H and O–H groups in total. The summed E-state index contributed by atoms with van der Waals surface area (Å²) < 4.78 is 16.6. The van der Waals surface area contributed by atoms with Gasteiger partial charge in [0, 0.05) is 23.5 Å². The lowest BCUT2D eigenvalue weighted by Crippen LogP contribution is -2.63. The Balaban J connectivity index is 1.97. The first-order chi connectivity index (χ1) is 12.4. The van der Waals surface area contributed by atoms with Gasteiger partial charge in [0.25, 0.3) is 0 Å². The van der Waals surface area contributed by atoms with E-state index in [0.29, 0.717) is 29.4 Å². The number of rotatable bonds is 2. The molecule has 26 heavy (non-hydrogen) atoms. The lowest BCUT2D eigenvalue weighted by atomic mass is 10.00. The minimum Gasteiger partial charge on any atom is -0.462 e. The molecule has 1 spiro atoms. The van der Waals surface area contributed by atoms with E-state index < -0.39 is 17.8 Å². The van der Waals surface area contributed by atoms with Gasteiger partial charge in [0.15, 0.2) is 5.58 Å². The van der Waals surface area contributed by atoms with E-state index in [2.05, 4.69) is 5.32 Å². The van der Waals surface area contributed by atoms with Crippen LogP contribution in [0.2, 0.25) is 5.02 Å². The molecule has 0 unspecified atom stereocenters. The van der Waals surface area contributed by atoms with Crippen molar-refractivity contribution in [2.45, 2.75) is 33.1 Å². The fourth-order valence-electron chi connectivity index (χ4n) is 3.79. The van der Waals surface area contributed by atoms with Crippen molar-refractivity contribution in [2.75, 3.05) is 24.5 Å². The third-order valence-electron chi connectivity index (χ3n) is 5.06. The van der Waals surface area contributed by atoms with Crippen molar-refractivity contribution in [1.29, 1.82) is 0 Å². The molecule has 2 aliphatic heterocycles. The van der Waals surface area contributed by atoms with Crippen LogP contribution in [0.4, 0.5) is 5.69 Å². The Morgan fingerprint density at radius 3 is 2.58 bits per heavy atom. The number of nitrogens with one attached hydrogen (secondary N) is 1. The number of carbonyl (C=O) groups is 2. The number of furan rings is 1. The first-order valence-corrected chi connectivity index (χ1v) is 8.90. The molecule has 0 aliphatic carbocycles. The zero-order chi connectivity index (χ0) is 18.6. The van der Waals surface area contributed by atoms with Crippen molar-refractivity contribution >= 4 is 40.2 Å². The minimum atomic E-state index is -1.53. The molecule has 4 rings (SSSR count). The summed E-state index contributed by atoms with van der Waals surface area (Å²) in [4.78, 5) is 25.2. The molecule has 2 aromatic rings. The Kier molecular flexibility index (Phi) is 3.89. The van der Waals surface area contributed by atoms with E-state index in [1.807, 2.05) is 20.8 Å². The summed E-state index contributed by atoms with van der Waals surface area (Å²) in [5.74, 6) is -3.53. The van der Waals surface area contributed by atoms with Gasteiger partial charge in [-0.2, -0.15) is 0 Å². The predicted octanol–water partition coefficient (Wildman–Crippen LogP) is 2.43. The number of benzene rings is 1. The first-order valence-electron chi connectivity index (χ1n) is 8.53. The number of anilines is 1. The molecule has 7 nitrogen and oxygen atoms in total. The Morgan fingerprint density at radius 1 is 1.23 bits per heavy atom. The van der Waals surface area contributed by atoms with E-state index in [1.54, 1.807) is 11.2 Å². The van der Waals surface area contributed by atoms with E-state index in [-0.39, 0.29) is 6.54 Å². The summed E-state index contributed by atoms with van der Waals surface area (Å²) in [5.41, 5.74) is 4.11. The van der Waals surface area contributed by atoms with Crippen LogP contribution in [-0.4, -0.2) is 37.5 Å². The Hall–Kier alpha value is -2.25. The summed E-state index contributed by atoms with van der Waals surface area (Å²) >= 11 is 6.62. The fraction of sp³-hybridized carbons (Fsp3) is 0.444. The predicted molar refractivity (Wildman–Crippen MR) is 95.2 cm³/mol. The summed E-state index contributed by atoms with van der Waals surface area (Å²) in [7, 11) is 0. The monoisotopic (exact) mass is 378 g/mol. The minimum absolute atomic E-state index is 0.165. The standard InChI is InChI=1S/C18H19ClN2O5/c1-4-11-7-24-15-12(11)9(2)13(19)10(3)14(15)21-6-5-20-8-18(21)25-16(22)17(23)26-18/h7,20H,4-6,8H2,1-3H3. The van der Waals surface area contributed by atoms with E-state index in [4.69, 9.17) is 25.5 Å². The van der Waals surface area contributed by atoms with Crippen LogP contribution in [0.5, 0.6) is 0 Å². The number of aryl methyl sites for hydroxylation is 2. The zero-order valence-electron chi connectivity index (χ0n) is 14.8. The summed E-state index contributed by atoms with van der Waals surface area (Å²) in [6.07, 6.45) is 2.52. The quantitative estimate of drug-likeness (QED) is 0.634. The molecular formula is C18H19ClN2O5. The molecule has 2 aliphatic rings. The molecular weight excluding hydrogens is 360 g/mol. The van der Waals surface area contributed by atoms with E-state index in [9.17, 15) is 9.59 Å². The molecule has 2 fully saturated rings. The number of hydrogen-bond donors (Lipinski definition) is 1. The first kappa shape index (κ1) is 17.2. The van der Waals surface area contributed by atoms with E-state index >= 15 is 0 Å². The average Bonchev–Trinajstić information content (AvgIpc) is 3.16. The number of piperazine rings is 1. The van der Waals surface area contributed by atoms with Gasteiger partial charge in [0.1, 0.15) is 0 Å². The number of carbonyl (C=O) groups excluding carboxylic acids is 2. The van der Waals surface area contributed by atoms with Gasteiger partial charge in [-0.25, -0.2) is 9.59 Å². The van der Waals surface area contributed by atoms with Crippen molar-refractivity contribution in [2.24, 2.45) is 0 Å². The van der Waals surface area contributed by atoms with Crippen LogP contribution in [-0.2, 0) is 25.5 Å². The average molecular weight is 379 g/mol. The van der Waals surface area contributed by atoms with Gasteiger partial charge in [0.05, 0.1) is 18.5 Å². The van der Waals surface area contributed by atoms with Gasteiger partial charge < -0.3 is 19.2 Å². The maximum absolute atomic E-state index is 11.7. The van der Waals surface area contributed by atoms with Crippen LogP contribution in [0.15, 0.2) is 10.7 Å². The van der Waals surface area contributed by atoms with Crippen LogP contribution in [0.1, 0.15) is 23.6 Å². The summed E-state index contributed by atoms with van der Waals surface area (Å²) in [6, 6.07) is 0. The van der Waals surface area contributed by atoms with Crippen LogP contribution in [0.25, 0.3) is 11.0 Å². The number of hydrogen-bond acceptors (Lipinski definition) is 7. The molecule has 3 heterocycles. The molecule has 0 radical (unpaired) electrons. The maximum Gasteiger partial charge on any atom is 0.422 e. The molecule has 0 saturated carbocycles. The largest absolute Gasteiger partial charge is 0.462 e. The highest BCUT2D eigenvalue weighted by Crippen LogP contribution is 2.44. The molecule has 0 atom stereocenters. The second-order valence-corrected chi connectivity index (χ2v) is 6.93. The van der Waals surface area contributed by atoms with Crippen LogP contribution in [0.3, 0.4) is 0 Å². The summed E-state index contributed by atoms with van der Waals surface area (Å²) in [6.45, 7) is 7.14. The molecule has 0 amide bonds. The Morgan fingerprint density at radius 2 is 1.92 bits per heavy atom. The van der Waals surface area contributed by atoms with Crippen molar-refractivity contribution < 1.29 is 23.5 Å². The van der Waals surface area contributed by atoms with Crippen molar-refractivity contribution in [3.05, 3.63) is 28.0 Å². The number of ether oxygens (including phenoxy) is 2. The van der Waals surface area contributed by atoms with Crippen molar-refractivity contribution in [3.8, 4) is 0 Å². The lowest BCUT2D eigenvalue weighted by molar-refractivity contribution is -0.180. The van der Waals surface area contributed by atoms with Crippen molar-refractivity contribution in [3.63, 3.8) is 0 Å². The molecule has 1 aromatic heterocycles. The van der Waals surface area contributed by atoms with Crippen LogP contribution < -0.4 is 10.2 Å². The highest BCUT2D eigenvalue weighted by atomic mass is 35.5. The topological polar surface area (TPSA) is 81.0 Å². The van der Waals surface area contributed by atoms with Gasteiger partial charge in [-0.05, 0) is 37.0 Å². The molecule has 1 aromatic carbocycles. The zero-order valence-corrected chi connectivity index (χ0v) is 15.5. The third kappa shape index (κ3) is 2.23. The maximum atomic E-state index is 11.7. The molecule has 8 heteroatoms. The van der Waals surface area contributed by atoms with Crippen molar-refractivity contribution in [1.82, 2.24) is 5.32 Å². The number of esters is 2. The number of nitrogens with zero attached hydrogens (tertiary/aromatic N) is 1. The van der Waals surface area contributed by atoms with E-state index in [0.717, 1.165) is 28.5 Å². The van der Waals surface area contributed by atoms with Crippen LogP contribution >= 0.6 is 11.6 Å². The molecule has 138 valence electrons. The smallest absolute Gasteiger partial charge is 0.422 e. The SMILES string of the molecule is CCc1coc2c(N3CCNCC34OC(=O)C(=O)O4)c(C)c(Cl)c(C)c12. The Labute approximate surface area is 155 Å². The van der Waals surface area contributed by atoms with Gasteiger partial charge >= 0.3 is 17.8 Å². The highest BCUT2D eigenvalue weighted by molar-refractivity contribution is 6.34. The number of halogens is 1. The fourth-order valence-corrected chi connectivity index (χ4v) is 3.97. The second kappa shape index (κ2) is 5.89. The van der Waals surface area contributed by atoms with Gasteiger partial charge in [-0.1, -0.05) is 18.5 Å². The summed E-state index contributed by atoms with van der Waals surface area (Å²) in [5, 5.41) is 4.67. The van der Waals surface area contributed by atoms with Gasteiger partial charge in [-0.15, -0.1) is 0 Å². The number of fused-ring (bicyclic) bond motifs is 1.